The summed E-state index contributed by atoms with van der Waals surface area (Å²) in [6, 6.07) is 15.0. The van der Waals surface area contributed by atoms with E-state index < -0.39 is 17.7 Å². The Bertz CT molecular complexity index is 1130. The Morgan fingerprint density at radius 2 is 1.81 bits per heavy atom. The van der Waals surface area contributed by atoms with Gasteiger partial charge in [0.15, 0.2) is 0 Å². The molecule has 3 aromatic rings. The smallest absolute Gasteiger partial charge is 0.300 e. The molecule has 1 amide bonds. The van der Waals surface area contributed by atoms with Crippen LogP contribution in [0, 0.1) is 0 Å². The maximum absolute atomic E-state index is 13.0. The number of furan rings is 1. The van der Waals surface area contributed by atoms with E-state index in [1.165, 1.54) is 18.4 Å². The van der Waals surface area contributed by atoms with Gasteiger partial charge in [-0.1, -0.05) is 19.1 Å². The number of anilines is 1. The summed E-state index contributed by atoms with van der Waals surface area (Å²) in [4.78, 5) is 27.1. The average molecular weight is 419 g/mol. The zero-order chi connectivity index (χ0) is 22.0. The molecule has 2 heterocycles. The third-order valence-electron chi connectivity index (χ3n) is 5.00. The number of nitrogens with zero attached hydrogens (tertiary/aromatic N) is 1. The average Bonchev–Trinajstić information content (AvgIpc) is 3.40. The number of hydrogen-bond donors (Lipinski definition) is 2. The second-order valence-corrected chi connectivity index (χ2v) is 7.05. The van der Waals surface area contributed by atoms with Crippen molar-refractivity contribution in [3.63, 3.8) is 0 Å². The number of hydrogen-bond acceptors (Lipinski definition) is 6. The molecule has 0 radical (unpaired) electrons. The molecule has 0 saturated carbocycles. The molecule has 4 rings (SSSR count). The SMILES string of the molecule is CCCOc1ccc(/C(O)=C2/C(=O)C(=O)N(c3ccccc3O)C2c2ccco2)cc1. The quantitative estimate of drug-likeness (QED) is 0.349. The normalized spacial score (nSPS) is 17.8. The molecule has 0 aliphatic carbocycles. The number of aliphatic hydroxyl groups is 1. The van der Waals surface area contributed by atoms with Crippen molar-refractivity contribution < 1.29 is 29.0 Å². The Balaban J connectivity index is 1.83. The Morgan fingerprint density at radius 1 is 1.06 bits per heavy atom. The predicted octanol–water partition coefficient (Wildman–Crippen LogP) is 4.40. The van der Waals surface area contributed by atoms with Crippen LogP contribution in [0.3, 0.4) is 0 Å². The predicted molar refractivity (Wildman–Crippen MR) is 114 cm³/mol. The van der Waals surface area contributed by atoms with Crippen LogP contribution < -0.4 is 9.64 Å². The van der Waals surface area contributed by atoms with Crippen LogP contribution in [0.2, 0.25) is 0 Å². The molecule has 0 bridgehead atoms. The molecule has 31 heavy (non-hydrogen) atoms. The highest BCUT2D eigenvalue weighted by Gasteiger charge is 2.49. The van der Waals surface area contributed by atoms with Crippen molar-refractivity contribution in [3.05, 3.63) is 83.8 Å². The minimum Gasteiger partial charge on any atom is -0.507 e. The van der Waals surface area contributed by atoms with Gasteiger partial charge in [0.2, 0.25) is 0 Å². The van der Waals surface area contributed by atoms with E-state index in [1.807, 2.05) is 6.92 Å². The van der Waals surface area contributed by atoms with E-state index in [4.69, 9.17) is 9.15 Å². The first-order valence-corrected chi connectivity index (χ1v) is 9.88. The first-order chi connectivity index (χ1) is 15.0. The molecule has 7 nitrogen and oxygen atoms in total. The maximum Gasteiger partial charge on any atom is 0.300 e. The number of ether oxygens (including phenoxy) is 1. The summed E-state index contributed by atoms with van der Waals surface area (Å²) in [7, 11) is 0. The number of para-hydroxylation sites is 2. The van der Waals surface area contributed by atoms with Gasteiger partial charge in [0.1, 0.15) is 29.1 Å². The van der Waals surface area contributed by atoms with Crippen molar-refractivity contribution in [3.8, 4) is 11.5 Å². The molecule has 1 saturated heterocycles. The van der Waals surface area contributed by atoms with Crippen LogP contribution in [-0.2, 0) is 9.59 Å². The Hall–Kier alpha value is -4.00. The molecule has 1 atom stereocenters. The van der Waals surface area contributed by atoms with Crippen molar-refractivity contribution in [1.29, 1.82) is 0 Å². The summed E-state index contributed by atoms with van der Waals surface area (Å²) in [6.45, 7) is 2.56. The number of phenolic OH excluding ortho intramolecular Hbond substituents is 1. The van der Waals surface area contributed by atoms with Crippen molar-refractivity contribution in [2.75, 3.05) is 11.5 Å². The van der Waals surface area contributed by atoms with Gasteiger partial charge in [0.25, 0.3) is 11.7 Å². The Kier molecular flexibility index (Phi) is 5.49. The van der Waals surface area contributed by atoms with Gasteiger partial charge in [0, 0.05) is 5.56 Å². The number of carbonyl (C=O) groups is 2. The van der Waals surface area contributed by atoms with Crippen LogP contribution in [0.25, 0.3) is 5.76 Å². The zero-order valence-corrected chi connectivity index (χ0v) is 16.8. The highest BCUT2D eigenvalue weighted by Crippen LogP contribution is 2.44. The lowest BCUT2D eigenvalue weighted by molar-refractivity contribution is -0.132. The highest BCUT2D eigenvalue weighted by molar-refractivity contribution is 6.51. The van der Waals surface area contributed by atoms with E-state index in [2.05, 4.69) is 0 Å². The van der Waals surface area contributed by atoms with Crippen molar-refractivity contribution in [2.45, 2.75) is 19.4 Å². The number of aliphatic hydroxyl groups excluding tert-OH is 1. The van der Waals surface area contributed by atoms with Gasteiger partial charge in [0.05, 0.1) is 24.1 Å². The lowest BCUT2D eigenvalue weighted by atomic mass is 9.99. The summed E-state index contributed by atoms with van der Waals surface area (Å²) in [5.41, 5.74) is 0.384. The van der Waals surface area contributed by atoms with E-state index in [0.717, 1.165) is 11.3 Å². The van der Waals surface area contributed by atoms with E-state index in [-0.39, 0.29) is 28.5 Å². The summed E-state index contributed by atoms with van der Waals surface area (Å²) in [5.74, 6) is -1.32. The summed E-state index contributed by atoms with van der Waals surface area (Å²) in [6.07, 6.45) is 2.28. The lowest BCUT2D eigenvalue weighted by Crippen LogP contribution is -2.29. The van der Waals surface area contributed by atoms with E-state index in [0.29, 0.717) is 17.9 Å². The van der Waals surface area contributed by atoms with Crippen LogP contribution >= 0.6 is 0 Å². The molecule has 1 unspecified atom stereocenters. The molecule has 1 aliphatic rings. The summed E-state index contributed by atoms with van der Waals surface area (Å²) in [5, 5.41) is 21.3. The fraction of sp³-hybridized carbons (Fsp3) is 0.167. The first-order valence-electron chi connectivity index (χ1n) is 9.88. The number of carbonyl (C=O) groups excluding carboxylic acids is 2. The highest BCUT2D eigenvalue weighted by atomic mass is 16.5. The topological polar surface area (TPSA) is 100 Å². The zero-order valence-electron chi connectivity index (χ0n) is 16.8. The number of benzene rings is 2. The Labute approximate surface area is 178 Å². The third-order valence-corrected chi connectivity index (χ3v) is 5.00. The van der Waals surface area contributed by atoms with Crippen LogP contribution in [0.15, 0.2) is 76.9 Å². The number of rotatable bonds is 6. The largest absolute Gasteiger partial charge is 0.507 e. The van der Waals surface area contributed by atoms with Crippen LogP contribution in [0.1, 0.15) is 30.7 Å². The van der Waals surface area contributed by atoms with Crippen molar-refractivity contribution in [2.24, 2.45) is 0 Å². The molecule has 1 fully saturated rings. The van der Waals surface area contributed by atoms with Gasteiger partial charge in [-0.05, 0) is 55.0 Å². The van der Waals surface area contributed by atoms with Crippen LogP contribution in [0.4, 0.5) is 5.69 Å². The lowest BCUT2D eigenvalue weighted by Gasteiger charge is -2.24. The second kappa shape index (κ2) is 8.39. The fourth-order valence-corrected chi connectivity index (χ4v) is 3.55. The third kappa shape index (κ3) is 3.66. The first kappa shape index (κ1) is 20.3. The Morgan fingerprint density at radius 3 is 2.45 bits per heavy atom. The second-order valence-electron chi connectivity index (χ2n) is 7.05. The maximum atomic E-state index is 13.0. The van der Waals surface area contributed by atoms with Crippen LogP contribution in [0.5, 0.6) is 11.5 Å². The van der Waals surface area contributed by atoms with E-state index >= 15 is 0 Å². The molecule has 2 N–H and O–H groups in total. The van der Waals surface area contributed by atoms with Gasteiger partial charge < -0.3 is 19.4 Å². The van der Waals surface area contributed by atoms with Gasteiger partial charge in [-0.15, -0.1) is 0 Å². The number of aromatic hydroxyl groups is 1. The molecule has 158 valence electrons. The van der Waals surface area contributed by atoms with E-state index in [1.54, 1.807) is 48.5 Å². The van der Waals surface area contributed by atoms with Gasteiger partial charge in [-0.25, -0.2) is 0 Å². The van der Waals surface area contributed by atoms with Gasteiger partial charge in [-0.2, -0.15) is 0 Å². The molecule has 1 aliphatic heterocycles. The number of ketones is 1. The molecular formula is C24H21NO6. The molecule has 7 heteroatoms. The summed E-state index contributed by atoms with van der Waals surface area (Å²) >= 11 is 0. The molecule has 0 spiro atoms. The van der Waals surface area contributed by atoms with Crippen molar-refractivity contribution in [1.82, 2.24) is 0 Å². The van der Waals surface area contributed by atoms with Crippen LogP contribution in [-0.4, -0.2) is 28.5 Å². The minimum absolute atomic E-state index is 0.120. The fourth-order valence-electron chi connectivity index (χ4n) is 3.55. The molecular weight excluding hydrogens is 398 g/mol. The van der Waals surface area contributed by atoms with E-state index in [9.17, 15) is 19.8 Å². The number of amides is 1. The van der Waals surface area contributed by atoms with Gasteiger partial charge in [-0.3, -0.25) is 14.5 Å². The summed E-state index contributed by atoms with van der Waals surface area (Å²) < 4.78 is 11.0. The van der Waals surface area contributed by atoms with Crippen molar-refractivity contribution >= 4 is 23.1 Å². The van der Waals surface area contributed by atoms with Gasteiger partial charge >= 0.3 is 0 Å². The minimum atomic E-state index is -1.03. The monoisotopic (exact) mass is 419 g/mol. The molecule has 1 aromatic heterocycles. The number of Topliss-reactive ketones (excluding diaryl/α,β-unsaturated/α-hetero) is 1. The number of phenols is 1. The standard InChI is InChI=1S/C24H21NO6/c1-2-13-30-16-11-9-15(10-12-16)22(27)20-21(19-8-5-14-31-19)25(24(29)23(20)28)17-6-3-4-7-18(17)26/h3-12,14,21,26-27H,2,13H2,1H3/b22-20-. The molecule has 2 aromatic carbocycles.